The molecule has 0 fully saturated rings. The van der Waals surface area contributed by atoms with Crippen LogP contribution in [0.15, 0.2) is 23.1 Å². The molecule has 0 aromatic heterocycles. The zero-order valence-corrected chi connectivity index (χ0v) is 11.1. The van der Waals surface area contributed by atoms with E-state index in [-0.39, 0.29) is 4.75 Å². The van der Waals surface area contributed by atoms with Crippen molar-refractivity contribution >= 4 is 11.8 Å². The van der Waals surface area contributed by atoms with Crippen molar-refractivity contribution in [2.75, 3.05) is 7.05 Å². The maximum Gasteiger partial charge on any atom is 0.0418 e. The SMILES string of the molecule is C=C(C)C(NC)C(C)(C)S/C(C)=C\C. The summed E-state index contributed by atoms with van der Waals surface area (Å²) >= 11 is 1.90. The lowest BCUT2D eigenvalue weighted by Crippen LogP contribution is -2.43. The number of rotatable bonds is 5. The minimum atomic E-state index is 0.150. The smallest absolute Gasteiger partial charge is 0.0418 e. The maximum atomic E-state index is 4.03. The fourth-order valence-corrected chi connectivity index (χ4v) is 3.10. The number of likely N-dealkylation sites (N-methyl/N-ethyl adjacent to an activating group) is 1. The molecule has 0 heterocycles. The lowest BCUT2D eigenvalue weighted by molar-refractivity contribution is 0.521. The van der Waals surface area contributed by atoms with Crippen molar-refractivity contribution < 1.29 is 0 Å². The molecule has 0 saturated carbocycles. The van der Waals surface area contributed by atoms with E-state index in [1.165, 1.54) is 10.5 Å². The number of thioether (sulfide) groups is 1. The zero-order chi connectivity index (χ0) is 11.4. The fraction of sp³-hybridized carbons (Fsp3) is 0.667. The Labute approximate surface area is 93.0 Å². The summed E-state index contributed by atoms with van der Waals surface area (Å²) in [5.74, 6) is 0. The van der Waals surface area contributed by atoms with E-state index >= 15 is 0 Å². The lowest BCUT2D eigenvalue weighted by Gasteiger charge is -2.34. The van der Waals surface area contributed by atoms with E-state index in [1.807, 2.05) is 18.8 Å². The molecule has 1 N–H and O–H groups in total. The molecule has 1 nitrogen and oxygen atoms in total. The largest absolute Gasteiger partial charge is 0.312 e. The van der Waals surface area contributed by atoms with Crippen LogP contribution < -0.4 is 5.32 Å². The van der Waals surface area contributed by atoms with E-state index in [0.29, 0.717) is 6.04 Å². The van der Waals surface area contributed by atoms with E-state index < -0.39 is 0 Å². The highest BCUT2D eigenvalue weighted by Crippen LogP contribution is 2.36. The molecule has 0 aliphatic carbocycles. The van der Waals surface area contributed by atoms with Crippen LogP contribution in [0, 0.1) is 0 Å². The van der Waals surface area contributed by atoms with Gasteiger partial charge in [-0.05, 0) is 46.6 Å². The van der Waals surface area contributed by atoms with E-state index in [1.54, 1.807) is 0 Å². The molecule has 1 atom stereocenters. The van der Waals surface area contributed by atoms with Crippen LogP contribution in [-0.2, 0) is 0 Å². The highest BCUT2D eigenvalue weighted by Gasteiger charge is 2.29. The predicted molar refractivity (Wildman–Crippen MR) is 68.8 cm³/mol. The van der Waals surface area contributed by atoms with Crippen molar-refractivity contribution in [2.24, 2.45) is 0 Å². The quantitative estimate of drug-likeness (QED) is 0.701. The van der Waals surface area contributed by atoms with Gasteiger partial charge in [0.25, 0.3) is 0 Å². The zero-order valence-electron chi connectivity index (χ0n) is 10.3. The molecule has 14 heavy (non-hydrogen) atoms. The summed E-state index contributed by atoms with van der Waals surface area (Å²) in [6.07, 6.45) is 2.15. The maximum absolute atomic E-state index is 4.03. The number of allylic oxidation sites excluding steroid dienone is 2. The Morgan fingerprint density at radius 1 is 1.43 bits per heavy atom. The summed E-state index contributed by atoms with van der Waals surface area (Å²) in [6.45, 7) is 14.8. The van der Waals surface area contributed by atoms with Crippen molar-refractivity contribution in [3.63, 3.8) is 0 Å². The third-order valence-electron chi connectivity index (χ3n) is 2.31. The van der Waals surface area contributed by atoms with Gasteiger partial charge in [0.2, 0.25) is 0 Å². The van der Waals surface area contributed by atoms with Gasteiger partial charge in [0.05, 0.1) is 0 Å². The second-order valence-corrected chi connectivity index (χ2v) is 6.07. The van der Waals surface area contributed by atoms with Gasteiger partial charge < -0.3 is 5.32 Å². The molecule has 0 bridgehead atoms. The first-order valence-corrected chi connectivity index (χ1v) is 5.81. The summed E-state index contributed by atoms with van der Waals surface area (Å²) in [7, 11) is 1.99. The van der Waals surface area contributed by atoms with Crippen LogP contribution in [0.2, 0.25) is 0 Å². The van der Waals surface area contributed by atoms with Gasteiger partial charge in [-0.15, -0.1) is 11.8 Å². The highest BCUT2D eigenvalue weighted by molar-refractivity contribution is 8.04. The summed E-state index contributed by atoms with van der Waals surface area (Å²) < 4.78 is 0.150. The Kier molecular flexibility index (Phi) is 5.53. The normalized spacial score (nSPS) is 15.4. The molecule has 82 valence electrons. The number of hydrogen-bond acceptors (Lipinski definition) is 2. The van der Waals surface area contributed by atoms with E-state index in [9.17, 15) is 0 Å². The third kappa shape index (κ3) is 3.89. The van der Waals surface area contributed by atoms with Gasteiger partial charge in [0, 0.05) is 10.8 Å². The average molecular weight is 213 g/mol. The van der Waals surface area contributed by atoms with Crippen molar-refractivity contribution in [3.05, 3.63) is 23.1 Å². The Bertz CT molecular complexity index is 228. The van der Waals surface area contributed by atoms with Crippen LogP contribution in [0.3, 0.4) is 0 Å². The first-order valence-electron chi connectivity index (χ1n) is 4.99. The van der Waals surface area contributed by atoms with Gasteiger partial charge in [-0.2, -0.15) is 0 Å². The highest BCUT2D eigenvalue weighted by atomic mass is 32.2. The molecule has 0 saturated heterocycles. The fourth-order valence-electron chi connectivity index (χ4n) is 1.72. The molecule has 0 spiro atoms. The van der Waals surface area contributed by atoms with Crippen molar-refractivity contribution in [1.82, 2.24) is 5.32 Å². The lowest BCUT2D eigenvalue weighted by atomic mass is 9.97. The first kappa shape index (κ1) is 13.8. The van der Waals surface area contributed by atoms with Crippen LogP contribution in [0.5, 0.6) is 0 Å². The van der Waals surface area contributed by atoms with Gasteiger partial charge in [-0.3, -0.25) is 0 Å². The molecule has 0 aliphatic heterocycles. The standard InChI is InChI=1S/C12H23NS/c1-8-10(4)14-12(5,6)11(13-7)9(2)3/h8,11,13H,2H2,1,3-7H3/b10-8-. The van der Waals surface area contributed by atoms with E-state index in [2.05, 4.69) is 52.6 Å². The van der Waals surface area contributed by atoms with Crippen LogP contribution in [0.1, 0.15) is 34.6 Å². The Hall–Kier alpha value is -0.210. The number of nitrogens with one attached hydrogen (secondary N) is 1. The predicted octanol–water partition coefficient (Wildman–Crippen LogP) is 3.59. The minimum Gasteiger partial charge on any atom is -0.312 e. The molecular weight excluding hydrogens is 190 g/mol. The molecule has 0 aromatic rings. The topological polar surface area (TPSA) is 12.0 Å². The van der Waals surface area contributed by atoms with Crippen molar-refractivity contribution in [3.8, 4) is 0 Å². The Balaban J connectivity index is 4.65. The van der Waals surface area contributed by atoms with Gasteiger partial charge >= 0.3 is 0 Å². The van der Waals surface area contributed by atoms with Gasteiger partial charge in [-0.1, -0.05) is 18.2 Å². The first-order chi connectivity index (χ1) is 6.35. The van der Waals surface area contributed by atoms with E-state index in [4.69, 9.17) is 0 Å². The van der Waals surface area contributed by atoms with Crippen LogP contribution in [-0.4, -0.2) is 17.8 Å². The molecule has 0 amide bonds. The van der Waals surface area contributed by atoms with E-state index in [0.717, 1.165) is 0 Å². The van der Waals surface area contributed by atoms with Gasteiger partial charge in [0.15, 0.2) is 0 Å². The van der Waals surface area contributed by atoms with Crippen molar-refractivity contribution in [2.45, 2.75) is 45.4 Å². The molecule has 0 radical (unpaired) electrons. The summed E-state index contributed by atoms with van der Waals surface area (Å²) in [4.78, 5) is 1.36. The molecule has 1 unspecified atom stereocenters. The van der Waals surface area contributed by atoms with Crippen LogP contribution in [0.4, 0.5) is 0 Å². The van der Waals surface area contributed by atoms with Gasteiger partial charge in [0.1, 0.15) is 0 Å². The van der Waals surface area contributed by atoms with Crippen LogP contribution in [0.25, 0.3) is 0 Å². The van der Waals surface area contributed by atoms with Crippen molar-refractivity contribution in [1.29, 1.82) is 0 Å². The second kappa shape index (κ2) is 5.62. The molecule has 2 heteroatoms. The molecule has 0 rings (SSSR count). The van der Waals surface area contributed by atoms with Gasteiger partial charge in [-0.25, -0.2) is 0 Å². The third-order valence-corrected chi connectivity index (χ3v) is 3.63. The molecule has 0 aliphatic rings. The Morgan fingerprint density at radius 3 is 2.21 bits per heavy atom. The summed E-state index contributed by atoms with van der Waals surface area (Å²) in [6, 6.07) is 0.349. The minimum absolute atomic E-state index is 0.150. The summed E-state index contributed by atoms with van der Waals surface area (Å²) in [5.41, 5.74) is 1.19. The Morgan fingerprint density at radius 2 is 1.93 bits per heavy atom. The molecular formula is C12H23NS. The molecule has 0 aromatic carbocycles. The van der Waals surface area contributed by atoms with Crippen LogP contribution >= 0.6 is 11.8 Å². The number of hydrogen-bond donors (Lipinski definition) is 1. The average Bonchev–Trinajstić information content (AvgIpc) is 2.02. The monoisotopic (exact) mass is 213 g/mol. The second-order valence-electron chi connectivity index (χ2n) is 4.17. The summed E-state index contributed by atoms with van der Waals surface area (Å²) in [5, 5.41) is 3.32.